The first-order chi connectivity index (χ1) is 14.6. The van der Waals surface area contributed by atoms with E-state index in [0.717, 1.165) is 10.8 Å². The molecule has 2 amide bonds. The second-order valence-corrected chi connectivity index (χ2v) is 6.85. The smallest absolute Gasteiger partial charge is 0.291 e. The summed E-state index contributed by atoms with van der Waals surface area (Å²) in [4.78, 5) is 25.2. The van der Waals surface area contributed by atoms with Crippen molar-refractivity contribution in [2.45, 2.75) is 0 Å². The average Bonchev–Trinajstić information content (AvgIpc) is 3.29. The quantitative estimate of drug-likeness (QED) is 0.440. The van der Waals surface area contributed by atoms with Crippen molar-refractivity contribution in [1.82, 2.24) is 0 Å². The van der Waals surface area contributed by atoms with Gasteiger partial charge in [-0.05, 0) is 47.9 Å². The topological polar surface area (TPSA) is 80.6 Å². The Morgan fingerprint density at radius 1 is 0.900 bits per heavy atom. The van der Waals surface area contributed by atoms with E-state index in [1.54, 1.807) is 54.6 Å². The summed E-state index contributed by atoms with van der Waals surface area (Å²) < 4.78 is 10.5. The number of benzene rings is 3. The zero-order chi connectivity index (χ0) is 21.1. The number of anilines is 2. The fourth-order valence-corrected chi connectivity index (χ4v) is 3.38. The number of rotatable bonds is 5. The predicted molar refractivity (Wildman–Crippen MR) is 117 cm³/mol. The molecule has 0 atom stereocenters. The lowest BCUT2D eigenvalue weighted by atomic mass is 10.0. The van der Waals surface area contributed by atoms with Gasteiger partial charge < -0.3 is 19.8 Å². The van der Waals surface area contributed by atoms with Crippen molar-refractivity contribution in [2.24, 2.45) is 0 Å². The Hall–Kier alpha value is -3.77. The van der Waals surface area contributed by atoms with Crippen LogP contribution in [0.5, 0.6) is 5.75 Å². The minimum atomic E-state index is -0.397. The summed E-state index contributed by atoms with van der Waals surface area (Å²) in [6, 6.07) is 18.9. The van der Waals surface area contributed by atoms with Crippen molar-refractivity contribution in [3.05, 3.63) is 89.3 Å². The Balaban J connectivity index is 1.63. The minimum absolute atomic E-state index is 0.184. The molecule has 0 spiro atoms. The Morgan fingerprint density at radius 3 is 2.47 bits per heavy atom. The van der Waals surface area contributed by atoms with Gasteiger partial charge in [-0.1, -0.05) is 35.9 Å². The summed E-state index contributed by atoms with van der Waals surface area (Å²) in [5, 5.41) is 7.69. The molecule has 30 heavy (non-hydrogen) atoms. The summed E-state index contributed by atoms with van der Waals surface area (Å²) >= 11 is 6.25. The van der Waals surface area contributed by atoms with Gasteiger partial charge in [0.15, 0.2) is 5.76 Å². The molecule has 150 valence electrons. The average molecular weight is 421 g/mol. The van der Waals surface area contributed by atoms with Crippen LogP contribution in [0, 0.1) is 0 Å². The number of furan rings is 1. The van der Waals surface area contributed by atoms with Gasteiger partial charge in [0.2, 0.25) is 0 Å². The number of halogens is 1. The zero-order valence-electron chi connectivity index (χ0n) is 15.9. The molecule has 0 bridgehead atoms. The van der Waals surface area contributed by atoms with Gasteiger partial charge in [-0.2, -0.15) is 0 Å². The first kappa shape index (κ1) is 19.5. The highest BCUT2D eigenvalue weighted by atomic mass is 35.5. The largest absolute Gasteiger partial charge is 0.495 e. The first-order valence-electron chi connectivity index (χ1n) is 9.08. The van der Waals surface area contributed by atoms with Crippen molar-refractivity contribution in [3.8, 4) is 5.75 Å². The van der Waals surface area contributed by atoms with Gasteiger partial charge >= 0.3 is 0 Å². The second kappa shape index (κ2) is 8.31. The van der Waals surface area contributed by atoms with E-state index in [2.05, 4.69) is 10.6 Å². The standard InChI is InChI=1S/C23H17ClN2O4/c1-29-20-11-10-14(25-23(28)21-9-4-12-30-21)13-19(20)26-22(27)17-7-2-6-16-15(17)5-3-8-18(16)24/h2-13H,1H3,(H,25,28)(H,26,27). The van der Waals surface area contributed by atoms with E-state index in [0.29, 0.717) is 27.7 Å². The third kappa shape index (κ3) is 3.86. The maximum atomic E-state index is 13.0. The number of hydrogen-bond donors (Lipinski definition) is 2. The van der Waals surface area contributed by atoms with E-state index in [4.69, 9.17) is 20.8 Å². The van der Waals surface area contributed by atoms with E-state index < -0.39 is 5.91 Å². The van der Waals surface area contributed by atoms with Gasteiger partial charge in [0.25, 0.3) is 11.8 Å². The van der Waals surface area contributed by atoms with Crippen LogP contribution in [0.3, 0.4) is 0 Å². The molecule has 4 rings (SSSR count). The third-order valence-electron chi connectivity index (χ3n) is 4.56. The molecular weight excluding hydrogens is 404 g/mol. The molecular formula is C23H17ClN2O4. The van der Waals surface area contributed by atoms with E-state index in [-0.39, 0.29) is 11.7 Å². The van der Waals surface area contributed by atoms with Crippen molar-refractivity contribution < 1.29 is 18.7 Å². The zero-order valence-corrected chi connectivity index (χ0v) is 16.7. The normalized spacial score (nSPS) is 10.6. The van der Waals surface area contributed by atoms with Gasteiger partial charge in [0.1, 0.15) is 5.75 Å². The molecule has 1 heterocycles. The lowest BCUT2D eigenvalue weighted by molar-refractivity contribution is 0.0995. The monoisotopic (exact) mass is 420 g/mol. The van der Waals surface area contributed by atoms with Crippen LogP contribution < -0.4 is 15.4 Å². The number of carbonyl (C=O) groups is 2. The molecule has 6 nitrogen and oxygen atoms in total. The van der Waals surface area contributed by atoms with Crippen LogP contribution in [0.4, 0.5) is 11.4 Å². The van der Waals surface area contributed by atoms with Gasteiger partial charge in [-0.25, -0.2) is 0 Å². The maximum absolute atomic E-state index is 13.0. The molecule has 4 aromatic rings. The highest BCUT2D eigenvalue weighted by molar-refractivity contribution is 6.36. The molecule has 0 saturated heterocycles. The number of ether oxygens (including phenoxy) is 1. The van der Waals surface area contributed by atoms with Gasteiger partial charge in [0, 0.05) is 21.7 Å². The number of amides is 2. The highest BCUT2D eigenvalue weighted by Crippen LogP contribution is 2.30. The van der Waals surface area contributed by atoms with Crippen molar-refractivity contribution >= 4 is 45.6 Å². The Morgan fingerprint density at radius 2 is 1.70 bits per heavy atom. The molecule has 2 N–H and O–H groups in total. The molecule has 0 fully saturated rings. The number of nitrogens with one attached hydrogen (secondary N) is 2. The Labute approximate surface area is 177 Å². The molecule has 1 aromatic heterocycles. The summed E-state index contributed by atoms with van der Waals surface area (Å²) in [6.07, 6.45) is 1.42. The number of methoxy groups -OCH3 is 1. The Kier molecular flexibility index (Phi) is 5.41. The molecule has 0 aliphatic heterocycles. The summed E-state index contributed by atoms with van der Waals surface area (Å²) in [7, 11) is 1.50. The lowest BCUT2D eigenvalue weighted by Crippen LogP contribution is -2.14. The van der Waals surface area contributed by atoms with E-state index in [9.17, 15) is 9.59 Å². The maximum Gasteiger partial charge on any atom is 0.291 e. The highest BCUT2D eigenvalue weighted by Gasteiger charge is 2.15. The van der Waals surface area contributed by atoms with Crippen molar-refractivity contribution in [1.29, 1.82) is 0 Å². The van der Waals surface area contributed by atoms with Crippen LogP contribution in [-0.2, 0) is 0 Å². The number of carbonyl (C=O) groups excluding carboxylic acids is 2. The number of hydrogen-bond acceptors (Lipinski definition) is 4. The van der Waals surface area contributed by atoms with Gasteiger partial charge in [-0.3, -0.25) is 9.59 Å². The van der Waals surface area contributed by atoms with Crippen LogP contribution in [0.2, 0.25) is 5.02 Å². The first-order valence-corrected chi connectivity index (χ1v) is 9.46. The van der Waals surface area contributed by atoms with Gasteiger partial charge in [0.05, 0.1) is 19.1 Å². The fraction of sp³-hybridized carbons (Fsp3) is 0.0435. The Bertz CT molecular complexity index is 1240. The van der Waals surface area contributed by atoms with E-state index in [1.165, 1.54) is 13.4 Å². The summed E-state index contributed by atoms with van der Waals surface area (Å²) in [5.41, 5.74) is 1.37. The molecule has 3 aromatic carbocycles. The van der Waals surface area contributed by atoms with Crippen LogP contribution in [0.1, 0.15) is 20.9 Å². The molecule has 0 aliphatic carbocycles. The SMILES string of the molecule is COc1ccc(NC(=O)c2ccco2)cc1NC(=O)c1cccc2c(Cl)cccc12. The summed E-state index contributed by atoms with van der Waals surface area (Å²) in [6.45, 7) is 0. The van der Waals surface area contributed by atoms with Crippen LogP contribution in [0.25, 0.3) is 10.8 Å². The van der Waals surface area contributed by atoms with Crippen molar-refractivity contribution in [3.63, 3.8) is 0 Å². The molecule has 0 aliphatic rings. The fourth-order valence-electron chi connectivity index (χ4n) is 3.14. The van der Waals surface area contributed by atoms with Crippen molar-refractivity contribution in [2.75, 3.05) is 17.7 Å². The molecule has 0 radical (unpaired) electrons. The minimum Gasteiger partial charge on any atom is -0.495 e. The van der Waals surface area contributed by atoms with Crippen LogP contribution in [0.15, 0.2) is 77.4 Å². The van der Waals surface area contributed by atoms with E-state index in [1.807, 2.05) is 12.1 Å². The predicted octanol–water partition coefficient (Wildman–Crippen LogP) is 5.60. The van der Waals surface area contributed by atoms with E-state index >= 15 is 0 Å². The molecule has 0 unspecified atom stereocenters. The third-order valence-corrected chi connectivity index (χ3v) is 4.89. The second-order valence-electron chi connectivity index (χ2n) is 6.44. The summed E-state index contributed by atoms with van der Waals surface area (Å²) in [5.74, 6) is -0.0801. The molecule has 7 heteroatoms. The van der Waals surface area contributed by atoms with Gasteiger partial charge in [-0.15, -0.1) is 0 Å². The number of fused-ring (bicyclic) bond motifs is 1. The molecule has 0 saturated carbocycles. The van der Waals surface area contributed by atoms with Crippen LogP contribution >= 0.6 is 11.6 Å². The van der Waals surface area contributed by atoms with Crippen LogP contribution in [-0.4, -0.2) is 18.9 Å². The lowest BCUT2D eigenvalue weighted by Gasteiger charge is -2.14.